The molecule has 3 fully saturated rings. The van der Waals surface area contributed by atoms with Gasteiger partial charge in [0, 0.05) is 0 Å². The topological polar surface area (TPSA) is 37.3 Å². The summed E-state index contributed by atoms with van der Waals surface area (Å²) in [5.74, 6) is 3.84. The predicted octanol–water partition coefficient (Wildman–Crippen LogP) is 2.17. The molecule has 0 saturated heterocycles. The monoisotopic (exact) mass is 204 g/mol. The molecule has 0 spiro atoms. The van der Waals surface area contributed by atoms with Crippen LogP contribution in [-0.4, -0.2) is 11.1 Å². The Morgan fingerprint density at radius 3 is 2.53 bits per heavy atom. The van der Waals surface area contributed by atoms with Gasteiger partial charge >= 0.3 is 5.97 Å². The molecule has 1 N–H and O–H groups in total. The molecule has 0 aromatic heterocycles. The maximum Gasteiger partial charge on any atom is 0.306 e. The molecular weight excluding hydrogens is 188 g/mol. The average Bonchev–Trinajstić information content (AvgIpc) is 2.95. The Kier molecular flexibility index (Phi) is 1.38. The van der Waals surface area contributed by atoms with Crippen LogP contribution in [0.25, 0.3) is 0 Å². The minimum atomic E-state index is -0.535. The number of fused-ring (bicyclic) bond motifs is 9. The van der Waals surface area contributed by atoms with Crippen LogP contribution in [0.2, 0.25) is 0 Å². The SMILES string of the molecule is O=C(O)[C@@H]1C[C@@H]2C[C@H]1[C@@H]1[C@H]2[C@@H]2C=C[C@H]1C2. The van der Waals surface area contributed by atoms with E-state index in [0.717, 1.165) is 36.0 Å². The second-order valence-corrected chi connectivity index (χ2v) is 5.94. The van der Waals surface area contributed by atoms with Gasteiger partial charge in [0.05, 0.1) is 5.92 Å². The normalized spacial score (nSPS) is 58.8. The van der Waals surface area contributed by atoms with Crippen LogP contribution in [0, 0.1) is 41.4 Å². The zero-order chi connectivity index (χ0) is 10.2. The van der Waals surface area contributed by atoms with E-state index in [0.29, 0.717) is 5.92 Å². The summed E-state index contributed by atoms with van der Waals surface area (Å²) in [6.07, 6.45) is 8.28. The molecule has 0 aliphatic heterocycles. The molecular formula is C13H16O2. The molecule has 0 aromatic carbocycles. The minimum absolute atomic E-state index is 0.0102. The van der Waals surface area contributed by atoms with Crippen LogP contribution in [0.1, 0.15) is 19.3 Å². The van der Waals surface area contributed by atoms with E-state index in [1.54, 1.807) is 0 Å². The van der Waals surface area contributed by atoms with E-state index in [4.69, 9.17) is 0 Å². The van der Waals surface area contributed by atoms with Crippen molar-refractivity contribution in [2.24, 2.45) is 41.4 Å². The second-order valence-electron chi connectivity index (χ2n) is 5.94. The lowest BCUT2D eigenvalue weighted by Gasteiger charge is -2.34. The van der Waals surface area contributed by atoms with E-state index in [-0.39, 0.29) is 5.92 Å². The van der Waals surface area contributed by atoms with Gasteiger partial charge in [0.15, 0.2) is 0 Å². The largest absolute Gasteiger partial charge is 0.481 e. The van der Waals surface area contributed by atoms with Crippen LogP contribution < -0.4 is 0 Å². The lowest BCUT2D eigenvalue weighted by Crippen LogP contribution is -2.34. The molecule has 3 saturated carbocycles. The van der Waals surface area contributed by atoms with Crippen LogP contribution in [0.15, 0.2) is 12.2 Å². The first-order valence-corrected chi connectivity index (χ1v) is 6.17. The molecule has 7 atom stereocenters. The highest BCUT2D eigenvalue weighted by atomic mass is 16.4. The maximum atomic E-state index is 11.2. The Bertz CT molecular complexity index is 360. The van der Waals surface area contributed by atoms with Gasteiger partial charge in [-0.2, -0.15) is 0 Å². The van der Waals surface area contributed by atoms with Gasteiger partial charge < -0.3 is 5.11 Å². The van der Waals surface area contributed by atoms with Crippen LogP contribution in [0.3, 0.4) is 0 Å². The molecule has 15 heavy (non-hydrogen) atoms. The zero-order valence-corrected chi connectivity index (χ0v) is 8.67. The zero-order valence-electron chi connectivity index (χ0n) is 8.67. The fourth-order valence-corrected chi connectivity index (χ4v) is 5.30. The number of rotatable bonds is 1. The molecule has 0 unspecified atom stereocenters. The standard InChI is InChI=1S/C13H16O2/c14-13(15)10-5-8-4-9(10)12-7-2-1-6(3-7)11(8)12/h1-2,6-12H,3-5H2,(H,14,15)/t6-,7+,8+,9-,10-,11+,12-/m1/s1. The molecule has 2 nitrogen and oxygen atoms in total. The quantitative estimate of drug-likeness (QED) is 0.525. The highest BCUT2D eigenvalue weighted by Crippen LogP contribution is 2.66. The fraction of sp³-hybridized carbons (Fsp3) is 0.769. The summed E-state index contributed by atoms with van der Waals surface area (Å²) in [4.78, 5) is 11.2. The molecule has 0 radical (unpaired) electrons. The summed E-state index contributed by atoms with van der Waals surface area (Å²) in [5.41, 5.74) is 0. The third-order valence-electron chi connectivity index (χ3n) is 5.59. The number of carbonyl (C=O) groups is 1. The summed E-state index contributed by atoms with van der Waals surface area (Å²) in [5, 5.41) is 9.21. The van der Waals surface area contributed by atoms with E-state index in [1.807, 2.05) is 0 Å². The summed E-state index contributed by atoms with van der Waals surface area (Å²) < 4.78 is 0. The van der Waals surface area contributed by atoms with Crippen molar-refractivity contribution in [3.8, 4) is 0 Å². The van der Waals surface area contributed by atoms with E-state index in [9.17, 15) is 9.90 Å². The summed E-state index contributed by atoms with van der Waals surface area (Å²) in [6, 6.07) is 0. The lowest BCUT2D eigenvalue weighted by atomic mass is 9.69. The first-order valence-electron chi connectivity index (χ1n) is 6.17. The van der Waals surface area contributed by atoms with Gasteiger partial charge in [0.2, 0.25) is 0 Å². The number of carboxylic acid groups (broad SMARTS) is 1. The van der Waals surface area contributed by atoms with Crippen molar-refractivity contribution in [3.63, 3.8) is 0 Å². The van der Waals surface area contributed by atoms with Gasteiger partial charge in [-0.05, 0) is 54.8 Å². The number of aliphatic carboxylic acids is 1. The van der Waals surface area contributed by atoms with E-state index < -0.39 is 5.97 Å². The predicted molar refractivity (Wildman–Crippen MR) is 55.1 cm³/mol. The smallest absolute Gasteiger partial charge is 0.306 e. The molecule has 0 aromatic rings. The molecule has 4 aliphatic carbocycles. The van der Waals surface area contributed by atoms with Crippen molar-refractivity contribution in [1.82, 2.24) is 0 Å². The fourth-order valence-electron chi connectivity index (χ4n) is 5.30. The highest BCUT2D eigenvalue weighted by Gasteiger charge is 2.62. The van der Waals surface area contributed by atoms with Crippen molar-refractivity contribution in [3.05, 3.63) is 12.2 Å². The first kappa shape index (κ1) is 8.37. The van der Waals surface area contributed by atoms with Gasteiger partial charge in [-0.15, -0.1) is 0 Å². The van der Waals surface area contributed by atoms with Gasteiger partial charge in [-0.1, -0.05) is 12.2 Å². The first-order chi connectivity index (χ1) is 7.25. The molecule has 4 bridgehead atoms. The number of hydrogen-bond donors (Lipinski definition) is 1. The number of hydrogen-bond acceptors (Lipinski definition) is 1. The second kappa shape index (κ2) is 2.47. The summed E-state index contributed by atoms with van der Waals surface area (Å²) >= 11 is 0. The van der Waals surface area contributed by atoms with Gasteiger partial charge in [-0.25, -0.2) is 0 Å². The number of allylic oxidation sites excluding steroid dienone is 2. The van der Waals surface area contributed by atoms with Crippen molar-refractivity contribution in [2.75, 3.05) is 0 Å². The van der Waals surface area contributed by atoms with Gasteiger partial charge in [0.25, 0.3) is 0 Å². The van der Waals surface area contributed by atoms with Gasteiger partial charge in [-0.3, -0.25) is 4.79 Å². The van der Waals surface area contributed by atoms with Crippen molar-refractivity contribution < 1.29 is 9.90 Å². The molecule has 4 rings (SSSR count). The Labute approximate surface area is 89.4 Å². The van der Waals surface area contributed by atoms with Gasteiger partial charge in [0.1, 0.15) is 0 Å². The van der Waals surface area contributed by atoms with Crippen LogP contribution in [-0.2, 0) is 4.79 Å². The molecule has 2 heteroatoms. The molecule has 80 valence electrons. The van der Waals surface area contributed by atoms with Crippen LogP contribution in [0.4, 0.5) is 0 Å². The van der Waals surface area contributed by atoms with Crippen molar-refractivity contribution in [2.45, 2.75) is 19.3 Å². The third-order valence-corrected chi connectivity index (χ3v) is 5.59. The Balaban J connectivity index is 1.71. The Hall–Kier alpha value is -0.790. The molecule has 0 heterocycles. The Morgan fingerprint density at radius 2 is 1.80 bits per heavy atom. The van der Waals surface area contributed by atoms with E-state index in [1.165, 1.54) is 12.8 Å². The van der Waals surface area contributed by atoms with Crippen molar-refractivity contribution >= 4 is 5.97 Å². The van der Waals surface area contributed by atoms with Crippen LogP contribution in [0.5, 0.6) is 0 Å². The van der Waals surface area contributed by atoms with E-state index in [2.05, 4.69) is 12.2 Å². The van der Waals surface area contributed by atoms with Crippen LogP contribution >= 0.6 is 0 Å². The Morgan fingerprint density at radius 1 is 1.07 bits per heavy atom. The lowest BCUT2D eigenvalue weighted by molar-refractivity contribution is -0.144. The average molecular weight is 204 g/mol. The summed E-state index contributed by atoms with van der Waals surface area (Å²) in [6.45, 7) is 0. The third kappa shape index (κ3) is 0.849. The molecule has 4 aliphatic rings. The van der Waals surface area contributed by atoms with Crippen molar-refractivity contribution in [1.29, 1.82) is 0 Å². The minimum Gasteiger partial charge on any atom is -0.481 e. The number of carboxylic acids is 1. The van der Waals surface area contributed by atoms with E-state index >= 15 is 0 Å². The highest BCUT2D eigenvalue weighted by molar-refractivity contribution is 5.71. The molecule has 0 amide bonds. The summed E-state index contributed by atoms with van der Waals surface area (Å²) in [7, 11) is 0. The maximum absolute atomic E-state index is 11.2.